The molecule has 1 fully saturated rings. The zero-order valence-electron chi connectivity index (χ0n) is 13.7. The van der Waals surface area contributed by atoms with Crippen LogP contribution in [0.4, 0.5) is 5.82 Å². The molecule has 0 aliphatic carbocycles. The second-order valence-electron chi connectivity index (χ2n) is 6.38. The first kappa shape index (κ1) is 16.0. The minimum atomic E-state index is 0.127. The van der Waals surface area contributed by atoms with Gasteiger partial charge < -0.3 is 15.0 Å². The second kappa shape index (κ2) is 7.59. The van der Waals surface area contributed by atoms with Crippen LogP contribution >= 0.6 is 0 Å². The van der Waals surface area contributed by atoms with E-state index < -0.39 is 0 Å². The predicted molar refractivity (Wildman–Crippen MR) is 85.9 cm³/mol. The van der Waals surface area contributed by atoms with Gasteiger partial charge in [-0.25, -0.2) is 0 Å². The first-order chi connectivity index (χ1) is 10.0. The van der Waals surface area contributed by atoms with E-state index in [9.17, 15) is 0 Å². The SMILES string of the molecule is CC(C)NCC1CCN(c2cncc(OC(C)C)n2)CC1. The Balaban J connectivity index is 1.87. The van der Waals surface area contributed by atoms with Crippen LogP contribution < -0.4 is 15.0 Å². The third kappa shape index (κ3) is 5.16. The molecule has 2 heterocycles. The summed E-state index contributed by atoms with van der Waals surface area (Å²) in [4.78, 5) is 11.1. The zero-order valence-corrected chi connectivity index (χ0v) is 13.7. The van der Waals surface area contributed by atoms with Crippen LogP contribution in [0.15, 0.2) is 12.4 Å². The van der Waals surface area contributed by atoms with E-state index in [1.54, 1.807) is 6.20 Å². The van der Waals surface area contributed by atoms with E-state index in [0.717, 1.165) is 31.4 Å². The van der Waals surface area contributed by atoms with Crippen molar-refractivity contribution in [2.24, 2.45) is 5.92 Å². The number of rotatable bonds is 6. The Hall–Kier alpha value is -1.36. The second-order valence-corrected chi connectivity index (χ2v) is 6.38. The molecule has 0 spiro atoms. The number of hydrogen-bond acceptors (Lipinski definition) is 5. The molecule has 5 heteroatoms. The molecule has 0 amide bonds. The monoisotopic (exact) mass is 292 g/mol. The summed E-state index contributed by atoms with van der Waals surface area (Å²) < 4.78 is 5.62. The lowest BCUT2D eigenvalue weighted by Gasteiger charge is -2.33. The molecule has 0 atom stereocenters. The standard InChI is InChI=1S/C16H28N4O/c1-12(2)18-9-14-5-7-20(8-6-14)15-10-17-11-16(19-15)21-13(3)4/h10-14,18H,5-9H2,1-4H3. The van der Waals surface area contributed by atoms with Crippen molar-refractivity contribution in [1.82, 2.24) is 15.3 Å². The average Bonchev–Trinajstić information content (AvgIpc) is 2.45. The van der Waals surface area contributed by atoms with Gasteiger partial charge in [0, 0.05) is 19.1 Å². The first-order valence-corrected chi connectivity index (χ1v) is 8.01. The maximum absolute atomic E-state index is 5.62. The van der Waals surface area contributed by atoms with Gasteiger partial charge in [-0.05, 0) is 39.2 Å². The average molecular weight is 292 g/mol. The Morgan fingerprint density at radius 2 is 1.95 bits per heavy atom. The molecule has 0 radical (unpaired) electrons. The van der Waals surface area contributed by atoms with Crippen molar-refractivity contribution in [3.05, 3.63) is 12.4 Å². The van der Waals surface area contributed by atoms with Gasteiger partial charge in [0.05, 0.1) is 18.5 Å². The highest BCUT2D eigenvalue weighted by molar-refractivity contribution is 5.38. The Morgan fingerprint density at radius 3 is 2.57 bits per heavy atom. The molecule has 0 saturated carbocycles. The number of ether oxygens (including phenoxy) is 1. The fraction of sp³-hybridized carbons (Fsp3) is 0.750. The third-order valence-corrected chi connectivity index (χ3v) is 3.71. The molecule has 1 aliphatic heterocycles. The van der Waals surface area contributed by atoms with Gasteiger partial charge in [0.2, 0.25) is 5.88 Å². The van der Waals surface area contributed by atoms with E-state index in [-0.39, 0.29) is 6.10 Å². The van der Waals surface area contributed by atoms with Crippen LogP contribution in [0.25, 0.3) is 0 Å². The van der Waals surface area contributed by atoms with Gasteiger partial charge in [0.15, 0.2) is 5.82 Å². The van der Waals surface area contributed by atoms with Gasteiger partial charge in [-0.3, -0.25) is 4.98 Å². The minimum Gasteiger partial charge on any atom is -0.474 e. The van der Waals surface area contributed by atoms with Crippen LogP contribution in [0.1, 0.15) is 40.5 Å². The number of hydrogen-bond donors (Lipinski definition) is 1. The van der Waals surface area contributed by atoms with Gasteiger partial charge in [-0.1, -0.05) is 13.8 Å². The summed E-state index contributed by atoms with van der Waals surface area (Å²) in [6, 6.07) is 0.568. The highest BCUT2D eigenvalue weighted by Gasteiger charge is 2.20. The molecule has 2 rings (SSSR count). The molecule has 1 N–H and O–H groups in total. The van der Waals surface area contributed by atoms with E-state index in [0.29, 0.717) is 11.9 Å². The summed E-state index contributed by atoms with van der Waals surface area (Å²) in [6.07, 6.45) is 6.05. The highest BCUT2D eigenvalue weighted by atomic mass is 16.5. The van der Waals surface area contributed by atoms with E-state index in [1.165, 1.54) is 12.8 Å². The lowest BCUT2D eigenvalue weighted by Crippen LogP contribution is -2.39. The predicted octanol–water partition coefficient (Wildman–Crippen LogP) is 2.48. The highest BCUT2D eigenvalue weighted by Crippen LogP contribution is 2.22. The summed E-state index contributed by atoms with van der Waals surface area (Å²) in [7, 11) is 0. The van der Waals surface area contributed by atoms with E-state index in [4.69, 9.17) is 4.74 Å². The number of anilines is 1. The lowest BCUT2D eigenvalue weighted by atomic mass is 9.96. The summed E-state index contributed by atoms with van der Waals surface area (Å²) >= 11 is 0. The summed E-state index contributed by atoms with van der Waals surface area (Å²) in [5.74, 6) is 2.32. The van der Waals surface area contributed by atoms with Crippen LogP contribution in [-0.2, 0) is 0 Å². The quantitative estimate of drug-likeness (QED) is 0.873. The fourth-order valence-corrected chi connectivity index (χ4v) is 2.56. The minimum absolute atomic E-state index is 0.127. The maximum atomic E-state index is 5.62. The van der Waals surface area contributed by atoms with Crippen molar-refractivity contribution in [3.63, 3.8) is 0 Å². The van der Waals surface area contributed by atoms with Crippen molar-refractivity contribution in [1.29, 1.82) is 0 Å². The van der Waals surface area contributed by atoms with Crippen LogP contribution in [-0.4, -0.2) is 41.7 Å². The number of nitrogens with one attached hydrogen (secondary N) is 1. The molecular weight excluding hydrogens is 264 g/mol. The maximum Gasteiger partial charge on any atom is 0.234 e. The molecule has 21 heavy (non-hydrogen) atoms. The molecule has 0 unspecified atom stereocenters. The van der Waals surface area contributed by atoms with Crippen molar-refractivity contribution in [3.8, 4) is 5.88 Å². The van der Waals surface area contributed by atoms with Gasteiger partial charge >= 0.3 is 0 Å². The Bertz CT molecular complexity index is 428. The summed E-state index contributed by atoms with van der Waals surface area (Å²) in [5, 5.41) is 3.53. The molecule has 0 bridgehead atoms. The van der Waals surface area contributed by atoms with Crippen molar-refractivity contribution in [2.45, 2.75) is 52.7 Å². The van der Waals surface area contributed by atoms with Gasteiger partial charge in [0.1, 0.15) is 0 Å². The normalized spacial score (nSPS) is 16.8. The molecule has 5 nitrogen and oxygen atoms in total. The van der Waals surface area contributed by atoms with Crippen LogP contribution in [0, 0.1) is 5.92 Å². The molecule has 1 saturated heterocycles. The molecular formula is C16H28N4O. The Kier molecular flexibility index (Phi) is 5.79. The number of nitrogens with zero attached hydrogens (tertiary/aromatic N) is 3. The van der Waals surface area contributed by atoms with Gasteiger partial charge in [0.25, 0.3) is 0 Å². The Morgan fingerprint density at radius 1 is 1.24 bits per heavy atom. The van der Waals surface area contributed by atoms with Crippen LogP contribution in [0.2, 0.25) is 0 Å². The molecule has 0 aromatic carbocycles. The van der Waals surface area contributed by atoms with E-state index in [2.05, 4.69) is 34.0 Å². The largest absolute Gasteiger partial charge is 0.474 e. The third-order valence-electron chi connectivity index (χ3n) is 3.71. The van der Waals surface area contributed by atoms with Crippen molar-refractivity contribution < 1.29 is 4.74 Å². The topological polar surface area (TPSA) is 50.3 Å². The van der Waals surface area contributed by atoms with Gasteiger partial charge in [-0.2, -0.15) is 4.98 Å². The molecule has 1 aliphatic rings. The summed E-state index contributed by atoms with van der Waals surface area (Å²) in [5.41, 5.74) is 0. The molecule has 1 aromatic rings. The smallest absolute Gasteiger partial charge is 0.234 e. The Labute approximate surface area is 128 Å². The van der Waals surface area contributed by atoms with Crippen molar-refractivity contribution in [2.75, 3.05) is 24.5 Å². The molecule has 1 aromatic heterocycles. The molecule has 118 valence electrons. The zero-order chi connectivity index (χ0) is 15.2. The summed E-state index contributed by atoms with van der Waals surface area (Å²) in [6.45, 7) is 11.6. The van der Waals surface area contributed by atoms with Gasteiger partial charge in [-0.15, -0.1) is 0 Å². The van der Waals surface area contributed by atoms with Crippen LogP contribution in [0.5, 0.6) is 5.88 Å². The number of piperidine rings is 1. The fourth-order valence-electron chi connectivity index (χ4n) is 2.56. The first-order valence-electron chi connectivity index (χ1n) is 8.01. The van der Waals surface area contributed by atoms with E-state index >= 15 is 0 Å². The van der Waals surface area contributed by atoms with Crippen LogP contribution in [0.3, 0.4) is 0 Å². The lowest BCUT2D eigenvalue weighted by molar-refractivity contribution is 0.231. The number of aromatic nitrogens is 2. The van der Waals surface area contributed by atoms with Crippen molar-refractivity contribution >= 4 is 5.82 Å². The van der Waals surface area contributed by atoms with E-state index in [1.807, 2.05) is 20.0 Å².